The molecule has 5 nitrogen and oxygen atoms in total. The zero-order chi connectivity index (χ0) is 16.8. The Morgan fingerprint density at radius 1 is 1.30 bits per heavy atom. The molecule has 0 bridgehead atoms. The van der Waals surface area contributed by atoms with Gasteiger partial charge in [-0.3, -0.25) is 4.79 Å². The van der Waals surface area contributed by atoms with Crippen molar-refractivity contribution in [3.05, 3.63) is 35.4 Å². The van der Waals surface area contributed by atoms with Gasteiger partial charge in [-0.15, -0.1) is 0 Å². The van der Waals surface area contributed by atoms with E-state index in [1.54, 1.807) is 7.11 Å². The average molecular weight is 320 g/mol. The SMILES string of the molecule is CO[C@@H]1C[C@H](C(=O)NCc2ccccc2CN(C)C)CC[C@@H]1O. The summed E-state index contributed by atoms with van der Waals surface area (Å²) in [6.45, 7) is 1.40. The van der Waals surface area contributed by atoms with Gasteiger partial charge in [0.25, 0.3) is 0 Å². The maximum atomic E-state index is 12.4. The Morgan fingerprint density at radius 3 is 2.65 bits per heavy atom. The Kier molecular flexibility index (Phi) is 6.57. The average Bonchev–Trinajstić information content (AvgIpc) is 2.53. The van der Waals surface area contributed by atoms with Crippen LogP contribution in [0.2, 0.25) is 0 Å². The summed E-state index contributed by atoms with van der Waals surface area (Å²) in [6, 6.07) is 8.18. The Balaban J connectivity index is 1.92. The van der Waals surface area contributed by atoms with E-state index in [4.69, 9.17) is 4.74 Å². The molecule has 0 aliphatic heterocycles. The summed E-state index contributed by atoms with van der Waals surface area (Å²) in [5, 5.41) is 12.9. The summed E-state index contributed by atoms with van der Waals surface area (Å²) in [7, 11) is 5.66. The highest BCUT2D eigenvalue weighted by Crippen LogP contribution is 2.26. The summed E-state index contributed by atoms with van der Waals surface area (Å²) in [5.41, 5.74) is 2.38. The molecule has 2 N–H and O–H groups in total. The Labute approximate surface area is 138 Å². The molecular formula is C18H28N2O3. The fraction of sp³-hybridized carbons (Fsp3) is 0.611. The highest BCUT2D eigenvalue weighted by molar-refractivity contribution is 5.78. The lowest BCUT2D eigenvalue weighted by Crippen LogP contribution is -2.41. The molecule has 0 unspecified atom stereocenters. The van der Waals surface area contributed by atoms with E-state index in [9.17, 15) is 9.90 Å². The first-order valence-corrected chi connectivity index (χ1v) is 8.21. The highest BCUT2D eigenvalue weighted by atomic mass is 16.5. The minimum Gasteiger partial charge on any atom is -0.390 e. The number of rotatable bonds is 6. The molecule has 1 saturated carbocycles. The van der Waals surface area contributed by atoms with Gasteiger partial charge in [0.15, 0.2) is 0 Å². The van der Waals surface area contributed by atoms with Crippen LogP contribution < -0.4 is 5.32 Å². The van der Waals surface area contributed by atoms with Crippen molar-refractivity contribution in [2.24, 2.45) is 5.92 Å². The predicted molar refractivity (Wildman–Crippen MR) is 89.8 cm³/mol. The molecule has 0 aromatic heterocycles. The van der Waals surface area contributed by atoms with Gasteiger partial charge < -0.3 is 20.1 Å². The number of aliphatic hydroxyl groups is 1. The Bertz CT molecular complexity index is 519. The molecule has 0 spiro atoms. The lowest BCUT2D eigenvalue weighted by molar-refractivity contribution is -0.130. The number of nitrogens with one attached hydrogen (secondary N) is 1. The van der Waals surface area contributed by atoms with Crippen molar-refractivity contribution < 1.29 is 14.6 Å². The van der Waals surface area contributed by atoms with Gasteiger partial charge >= 0.3 is 0 Å². The summed E-state index contributed by atoms with van der Waals surface area (Å²) in [4.78, 5) is 14.5. The maximum Gasteiger partial charge on any atom is 0.223 e. The van der Waals surface area contributed by atoms with E-state index >= 15 is 0 Å². The summed E-state index contributed by atoms with van der Waals surface area (Å²) in [6.07, 6.45) is 1.23. The number of amides is 1. The number of ether oxygens (including phenoxy) is 1. The van der Waals surface area contributed by atoms with Gasteiger partial charge in [0.1, 0.15) is 0 Å². The smallest absolute Gasteiger partial charge is 0.223 e. The van der Waals surface area contributed by atoms with E-state index in [2.05, 4.69) is 22.3 Å². The van der Waals surface area contributed by atoms with Gasteiger partial charge in [0.2, 0.25) is 5.91 Å². The number of aliphatic hydroxyl groups excluding tert-OH is 1. The molecule has 1 aromatic rings. The van der Waals surface area contributed by atoms with Crippen LogP contribution in [0.3, 0.4) is 0 Å². The molecule has 1 aromatic carbocycles. The number of carbonyl (C=O) groups excluding carboxylic acids is 1. The molecule has 0 heterocycles. The molecule has 23 heavy (non-hydrogen) atoms. The van der Waals surface area contributed by atoms with E-state index in [1.807, 2.05) is 26.2 Å². The van der Waals surface area contributed by atoms with E-state index in [0.29, 0.717) is 25.8 Å². The van der Waals surface area contributed by atoms with E-state index < -0.39 is 6.10 Å². The van der Waals surface area contributed by atoms with Crippen LogP contribution in [0.1, 0.15) is 30.4 Å². The van der Waals surface area contributed by atoms with Gasteiger partial charge in [-0.05, 0) is 44.5 Å². The van der Waals surface area contributed by atoms with Gasteiger partial charge in [-0.2, -0.15) is 0 Å². The summed E-state index contributed by atoms with van der Waals surface area (Å²) in [5.74, 6) is -0.0250. The summed E-state index contributed by atoms with van der Waals surface area (Å²) >= 11 is 0. The van der Waals surface area contributed by atoms with E-state index in [0.717, 1.165) is 12.1 Å². The van der Waals surface area contributed by atoms with E-state index in [1.165, 1.54) is 5.56 Å². The van der Waals surface area contributed by atoms with Crippen molar-refractivity contribution in [3.8, 4) is 0 Å². The first-order chi connectivity index (χ1) is 11.0. The monoisotopic (exact) mass is 320 g/mol. The minimum atomic E-state index is -0.454. The molecule has 5 heteroatoms. The van der Waals surface area contributed by atoms with Gasteiger partial charge in [-0.1, -0.05) is 24.3 Å². The lowest BCUT2D eigenvalue weighted by atomic mass is 9.84. The van der Waals surface area contributed by atoms with Crippen molar-refractivity contribution in [1.82, 2.24) is 10.2 Å². The van der Waals surface area contributed by atoms with Crippen molar-refractivity contribution in [2.45, 2.75) is 44.6 Å². The number of hydrogen-bond acceptors (Lipinski definition) is 4. The fourth-order valence-corrected chi connectivity index (χ4v) is 3.16. The standard InChI is InChI=1S/C18H28N2O3/c1-20(2)12-15-7-5-4-6-14(15)11-19-18(22)13-8-9-16(21)17(10-13)23-3/h4-7,13,16-17,21H,8-12H2,1-3H3,(H,19,22)/t13-,16+,17-/m1/s1. The molecule has 1 aliphatic rings. The quantitative estimate of drug-likeness (QED) is 0.835. The molecule has 1 aliphatic carbocycles. The fourth-order valence-electron chi connectivity index (χ4n) is 3.16. The first-order valence-electron chi connectivity index (χ1n) is 8.21. The normalized spacial score (nSPS) is 24.7. The second-order valence-electron chi connectivity index (χ2n) is 6.58. The minimum absolute atomic E-state index is 0.0543. The topological polar surface area (TPSA) is 61.8 Å². The molecule has 0 radical (unpaired) electrons. The zero-order valence-electron chi connectivity index (χ0n) is 14.3. The molecule has 128 valence electrons. The second-order valence-corrected chi connectivity index (χ2v) is 6.58. The molecular weight excluding hydrogens is 292 g/mol. The summed E-state index contributed by atoms with van der Waals surface area (Å²) < 4.78 is 5.27. The molecule has 3 atom stereocenters. The van der Waals surface area contributed by atoms with Crippen LogP contribution in [0, 0.1) is 5.92 Å². The van der Waals surface area contributed by atoms with Crippen molar-refractivity contribution in [2.75, 3.05) is 21.2 Å². The number of hydrogen-bond donors (Lipinski definition) is 2. The van der Waals surface area contributed by atoms with Crippen LogP contribution in [-0.4, -0.2) is 49.3 Å². The van der Waals surface area contributed by atoms with Gasteiger partial charge in [-0.25, -0.2) is 0 Å². The van der Waals surface area contributed by atoms with Crippen LogP contribution >= 0.6 is 0 Å². The number of nitrogens with zero attached hydrogens (tertiary/aromatic N) is 1. The van der Waals surface area contributed by atoms with Crippen molar-refractivity contribution in [1.29, 1.82) is 0 Å². The second kappa shape index (κ2) is 8.43. The van der Waals surface area contributed by atoms with Crippen LogP contribution in [0.15, 0.2) is 24.3 Å². The molecule has 1 fully saturated rings. The largest absolute Gasteiger partial charge is 0.390 e. The highest BCUT2D eigenvalue weighted by Gasteiger charge is 2.32. The van der Waals surface area contributed by atoms with Crippen molar-refractivity contribution in [3.63, 3.8) is 0 Å². The molecule has 1 amide bonds. The van der Waals surface area contributed by atoms with E-state index in [-0.39, 0.29) is 17.9 Å². The first kappa shape index (κ1) is 17.9. The molecule has 2 rings (SSSR count). The van der Waals surface area contributed by atoms with Gasteiger partial charge in [0.05, 0.1) is 12.2 Å². The van der Waals surface area contributed by atoms with Crippen molar-refractivity contribution >= 4 is 5.91 Å². The zero-order valence-corrected chi connectivity index (χ0v) is 14.3. The third kappa shape index (κ3) is 5.03. The number of carbonyl (C=O) groups is 1. The van der Waals surface area contributed by atoms with Crippen LogP contribution in [0.5, 0.6) is 0 Å². The number of benzene rings is 1. The van der Waals surface area contributed by atoms with Crippen LogP contribution in [-0.2, 0) is 22.6 Å². The Hall–Kier alpha value is -1.43. The lowest BCUT2D eigenvalue weighted by Gasteiger charge is -2.31. The van der Waals surface area contributed by atoms with Gasteiger partial charge in [0, 0.05) is 26.1 Å². The predicted octanol–water partition coefficient (Wildman–Crippen LogP) is 1.54. The number of methoxy groups -OCH3 is 1. The Morgan fingerprint density at radius 2 is 2.00 bits per heavy atom. The third-order valence-corrected chi connectivity index (χ3v) is 4.49. The third-order valence-electron chi connectivity index (χ3n) is 4.49. The van der Waals surface area contributed by atoms with Crippen LogP contribution in [0.4, 0.5) is 0 Å². The maximum absolute atomic E-state index is 12.4. The molecule has 0 saturated heterocycles. The van der Waals surface area contributed by atoms with Crippen LogP contribution in [0.25, 0.3) is 0 Å².